The summed E-state index contributed by atoms with van der Waals surface area (Å²) >= 11 is 0. The van der Waals surface area contributed by atoms with Crippen LogP contribution in [-0.2, 0) is 16.2 Å². The van der Waals surface area contributed by atoms with Gasteiger partial charge in [-0.2, -0.15) is 0 Å². The number of aliphatic hydroxyl groups is 3. The molecule has 1 aromatic heterocycles. The van der Waals surface area contributed by atoms with Crippen LogP contribution in [0, 0.1) is 6.92 Å². The largest absolute Gasteiger partial charge is 0.673 e. The molecule has 1 saturated heterocycles. The van der Waals surface area contributed by atoms with E-state index in [-0.39, 0.29) is 6.67 Å². The lowest BCUT2D eigenvalue weighted by molar-refractivity contribution is -0.124. The molecule has 5 N–H and O–H groups in total. The minimum absolute atomic E-state index is 0.144. The summed E-state index contributed by atoms with van der Waals surface area (Å²) in [4.78, 5) is 14.5. The zero-order valence-corrected chi connectivity index (χ0v) is 17.4. The van der Waals surface area contributed by atoms with Crippen LogP contribution in [0.3, 0.4) is 0 Å². The molecule has 1 fully saturated rings. The first kappa shape index (κ1) is 24.9. The van der Waals surface area contributed by atoms with Crippen LogP contribution < -0.4 is 16.6 Å². The summed E-state index contributed by atoms with van der Waals surface area (Å²) in [7, 11) is -6.00. The van der Waals surface area contributed by atoms with Crippen LogP contribution in [0.25, 0.3) is 5.82 Å². The monoisotopic (exact) mass is 476 g/mol. The number of hydroxylamine groups is 2. The SMILES string of the molecule is Cc1ccccc1CON1CN=c2c(ncn2[C@@H]2O[C@H](CO)[C@@H](O)[C@H]2O)=C1N.F[B-](F)(F)F. The number of ether oxygens (including phenoxy) is 1. The van der Waals surface area contributed by atoms with Crippen molar-refractivity contribution in [2.24, 2.45) is 10.7 Å². The number of fused-ring (bicyclic) bond motifs is 1. The Morgan fingerprint density at radius 2 is 1.88 bits per heavy atom. The zero-order valence-electron chi connectivity index (χ0n) is 17.4. The second kappa shape index (κ2) is 10.0. The number of halogens is 4. The van der Waals surface area contributed by atoms with E-state index in [1.807, 2.05) is 31.2 Å². The van der Waals surface area contributed by atoms with Crippen molar-refractivity contribution >= 4 is 13.1 Å². The maximum Gasteiger partial charge on any atom is 0.673 e. The molecule has 2 aromatic rings. The molecule has 15 heteroatoms. The Kier molecular flexibility index (Phi) is 7.59. The van der Waals surface area contributed by atoms with Gasteiger partial charge in [-0.15, -0.1) is 0 Å². The van der Waals surface area contributed by atoms with Crippen molar-refractivity contribution in [1.29, 1.82) is 0 Å². The molecule has 2 aliphatic rings. The van der Waals surface area contributed by atoms with Gasteiger partial charge in [-0.1, -0.05) is 24.3 Å². The standard InChI is InChI=1S/C18H23N5O5.BF4/c1-10-4-2-3-5-11(10)7-27-23-9-21-17-13(16(23)19)20-8-22(17)18-15(26)14(25)12(6-24)28-18;2-1(3,4)5/h2-5,8,12,14-15,18,24-26H,6-7,9,19H2,1H3;/q;-1/t12-,14-,15-,18-;/m1./s1. The van der Waals surface area contributed by atoms with E-state index in [2.05, 4.69) is 9.98 Å². The van der Waals surface area contributed by atoms with Crippen molar-refractivity contribution in [3.05, 3.63) is 52.6 Å². The number of nitrogens with two attached hydrogens (primary N) is 1. The molecule has 0 radical (unpaired) electrons. The fraction of sp³-hybridized carbons (Fsp3) is 0.444. The number of rotatable bonds is 5. The number of aliphatic hydroxyl groups excluding tert-OH is 3. The molecular weight excluding hydrogens is 453 g/mol. The van der Waals surface area contributed by atoms with Crippen molar-refractivity contribution in [2.45, 2.75) is 38.1 Å². The topological polar surface area (TPSA) is 139 Å². The van der Waals surface area contributed by atoms with Crippen molar-refractivity contribution in [3.8, 4) is 0 Å². The van der Waals surface area contributed by atoms with E-state index in [1.165, 1.54) is 16.0 Å². The number of imidazole rings is 1. The van der Waals surface area contributed by atoms with Crippen LogP contribution in [0.5, 0.6) is 0 Å². The number of aromatic nitrogens is 2. The number of hydrogen-bond acceptors (Lipinski definition) is 9. The minimum atomic E-state index is -6.00. The van der Waals surface area contributed by atoms with Gasteiger partial charge < -0.3 is 43.1 Å². The third kappa shape index (κ3) is 5.80. The molecule has 3 heterocycles. The summed E-state index contributed by atoms with van der Waals surface area (Å²) in [5.74, 6) is 0.295. The highest BCUT2D eigenvalue weighted by molar-refractivity contribution is 6.50. The van der Waals surface area contributed by atoms with E-state index >= 15 is 0 Å². The van der Waals surface area contributed by atoms with Gasteiger partial charge in [0.25, 0.3) is 0 Å². The Labute approximate surface area is 185 Å². The molecule has 2 aliphatic heterocycles. The van der Waals surface area contributed by atoms with E-state index in [0.717, 1.165) is 11.1 Å². The average Bonchev–Trinajstić information content (AvgIpc) is 3.29. The number of nitrogens with zero attached hydrogens (tertiary/aromatic N) is 4. The third-order valence-electron chi connectivity index (χ3n) is 5.06. The minimum Gasteiger partial charge on any atom is -0.418 e. The number of benzene rings is 1. The van der Waals surface area contributed by atoms with Crippen LogP contribution in [0.4, 0.5) is 17.3 Å². The summed E-state index contributed by atoms with van der Waals surface area (Å²) in [6, 6.07) is 7.90. The van der Waals surface area contributed by atoms with Gasteiger partial charge in [0.2, 0.25) is 0 Å². The van der Waals surface area contributed by atoms with Crippen LogP contribution in [0.15, 0.2) is 35.6 Å². The summed E-state index contributed by atoms with van der Waals surface area (Å²) in [5.41, 5.74) is 8.78. The molecule has 0 amide bonds. The van der Waals surface area contributed by atoms with Crippen LogP contribution in [-0.4, -0.2) is 68.8 Å². The molecule has 182 valence electrons. The van der Waals surface area contributed by atoms with E-state index in [4.69, 9.17) is 15.3 Å². The molecule has 33 heavy (non-hydrogen) atoms. The number of aryl methyl sites for hydroxylation is 1. The lowest BCUT2D eigenvalue weighted by Gasteiger charge is -2.24. The second-order valence-corrected chi connectivity index (χ2v) is 7.31. The smallest absolute Gasteiger partial charge is 0.418 e. The van der Waals surface area contributed by atoms with Gasteiger partial charge in [0.1, 0.15) is 36.9 Å². The van der Waals surface area contributed by atoms with Crippen LogP contribution in [0.1, 0.15) is 17.4 Å². The molecule has 0 saturated carbocycles. The molecule has 10 nitrogen and oxygen atoms in total. The second-order valence-electron chi connectivity index (χ2n) is 7.31. The molecule has 1 aromatic carbocycles. The first-order valence-electron chi connectivity index (χ1n) is 9.83. The quantitative estimate of drug-likeness (QED) is 0.324. The van der Waals surface area contributed by atoms with Gasteiger partial charge in [0.05, 0.1) is 12.9 Å². The maximum atomic E-state index is 10.2. The Balaban J connectivity index is 0.000000555. The highest BCUT2D eigenvalue weighted by Crippen LogP contribution is 2.27. The zero-order chi connectivity index (χ0) is 24.3. The van der Waals surface area contributed by atoms with E-state index in [9.17, 15) is 32.6 Å². The average molecular weight is 476 g/mol. The Bertz CT molecular complexity index is 1080. The summed E-state index contributed by atoms with van der Waals surface area (Å²) in [6.45, 7) is 2.09. The summed E-state index contributed by atoms with van der Waals surface area (Å²) in [5, 5.41) is 31.3. The van der Waals surface area contributed by atoms with Crippen molar-refractivity contribution < 1.29 is 42.2 Å². The van der Waals surface area contributed by atoms with Crippen molar-refractivity contribution in [2.75, 3.05) is 13.3 Å². The fourth-order valence-electron chi connectivity index (χ4n) is 3.34. The molecule has 0 unspecified atom stereocenters. The van der Waals surface area contributed by atoms with Crippen LogP contribution >= 0.6 is 0 Å². The van der Waals surface area contributed by atoms with E-state index < -0.39 is 38.4 Å². The molecule has 0 spiro atoms. The Morgan fingerprint density at radius 3 is 2.48 bits per heavy atom. The van der Waals surface area contributed by atoms with Gasteiger partial charge in [-0.05, 0) is 18.1 Å². The van der Waals surface area contributed by atoms with E-state index in [1.54, 1.807) is 0 Å². The molecule has 4 rings (SSSR count). The van der Waals surface area contributed by atoms with Gasteiger partial charge >= 0.3 is 7.25 Å². The molecule has 0 aliphatic carbocycles. The van der Waals surface area contributed by atoms with Gasteiger partial charge in [-0.3, -0.25) is 9.40 Å². The first-order valence-corrected chi connectivity index (χ1v) is 9.83. The summed E-state index contributed by atoms with van der Waals surface area (Å²) < 4.78 is 46.0. The Hall–Kier alpha value is -2.72. The predicted molar refractivity (Wildman–Crippen MR) is 106 cm³/mol. The van der Waals surface area contributed by atoms with E-state index in [0.29, 0.717) is 23.3 Å². The molecular formula is C18H23BF4N5O5-. The highest BCUT2D eigenvalue weighted by Gasteiger charge is 2.44. The number of hydrogen-bond donors (Lipinski definition) is 4. The van der Waals surface area contributed by atoms with Crippen molar-refractivity contribution in [1.82, 2.24) is 14.6 Å². The van der Waals surface area contributed by atoms with Gasteiger partial charge in [0, 0.05) is 0 Å². The van der Waals surface area contributed by atoms with Gasteiger partial charge in [0.15, 0.2) is 17.5 Å². The van der Waals surface area contributed by atoms with Crippen molar-refractivity contribution in [3.63, 3.8) is 0 Å². The lowest BCUT2D eigenvalue weighted by atomic mass is 10.1. The van der Waals surface area contributed by atoms with Gasteiger partial charge in [-0.25, -0.2) is 15.0 Å². The summed E-state index contributed by atoms with van der Waals surface area (Å²) in [6.07, 6.45) is -2.78. The molecule has 0 bridgehead atoms. The fourth-order valence-corrected chi connectivity index (χ4v) is 3.34. The third-order valence-corrected chi connectivity index (χ3v) is 5.06. The first-order chi connectivity index (χ1) is 15.5. The molecule has 4 atom stereocenters. The highest BCUT2D eigenvalue weighted by atomic mass is 19.5. The predicted octanol–water partition coefficient (Wildman–Crippen LogP) is -0.848. The van der Waals surface area contributed by atoms with Crippen LogP contribution in [0.2, 0.25) is 0 Å². The lowest BCUT2D eigenvalue weighted by Crippen LogP contribution is -2.47. The Morgan fingerprint density at radius 1 is 1.21 bits per heavy atom. The maximum absolute atomic E-state index is 10.2. The normalized spacial score (nSPS) is 24.7.